The van der Waals surface area contributed by atoms with Crippen molar-refractivity contribution in [3.05, 3.63) is 82.3 Å². The van der Waals surface area contributed by atoms with E-state index < -0.39 is 22.7 Å². The molecule has 1 aliphatic heterocycles. The van der Waals surface area contributed by atoms with E-state index in [1.54, 1.807) is 31.9 Å². The lowest BCUT2D eigenvalue weighted by atomic mass is 9.86. The van der Waals surface area contributed by atoms with Crippen LogP contribution in [0.1, 0.15) is 25.5 Å². The highest BCUT2D eigenvalue weighted by atomic mass is 16.6. The van der Waals surface area contributed by atoms with Crippen LogP contribution >= 0.6 is 0 Å². The van der Waals surface area contributed by atoms with E-state index in [4.69, 9.17) is 14.2 Å². The molecule has 0 fully saturated rings. The van der Waals surface area contributed by atoms with Gasteiger partial charge in [0.2, 0.25) is 0 Å². The zero-order valence-electron chi connectivity index (χ0n) is 17.7. The Morgan fingerprint density at radius 3 is 2.75 bits per heavy atom. The Hall–Kier alpha value is -3.65. The van der Waals surface area contributed by atoms with E-state index in [-0.39, 0.29) is 18.8 Å². The highest BCUT2D eigenvalue weighted by molar-refractivity contribution is 5.48. The van der Waals surface area contributed by atoms with Gasteiger partial charge in [0.1, 0.15) is 42.0 Å². The quantitative estimate of drug-likeness (QED) is 0.201. The van der Waals surface area contributed by atoms with Crippen LogP contribution in [0.15, 0.2) is 66.6 Å². The number of hydrogen-bond acceptors (Lipinski definition) is 8. The normalized spacial score (nSPS) is 19.2. The summed E-state index contributed by atoms with van der Waals surface area (Å²) in [4.78, 5) is 21.1. The number of benzene rings is 2. The molecule has 32 heavy (non-hydrogen) atoms. The number of nitro groups is 1. The maximum atomic E-state index is 11.2. The van der Waals surface area contributed by atoms with E-state index in [0.29, 0.717) is 22.8 Å². The lowest BCUT2D eigenvalue weighted by molar-refractivity contribution is -0.385. The number of nitrogens with zero attached hydrogens (tertiary/aromatic N) is 1. The van der Waals surface area contributed by atoms with Crippen LogP contribution in [0.3, 0.4) is 0 Å². The SMILES string of the molecule is CC1(C)Oc2ccc([N+](=O)[O-])cc2[C@H](NCC(=COCC=C=O)Oc2ccccc2)[C@H]1O. The Balaban J connectivity index is 1.85. The molecular formula is C23H24N2O7. The van der Waals surface area contributed by atoms with Gasteiger partial charge in [-0.3, -0.25) is 10.1 Å². The number of hydrogen-bond donors (Lipinski definition) is 2. The van der Waals surface area contributed by atoms with Gasteiger partial charge in [-0.05, 0) is 32.0 Å². The minimum absolute atomic E-state index is 0.0209. The molecule has 168 valence electrons. The number of nitro benzene ring substituents is 1. The second-order valence-electron chi connectivity index (χ2n) is 7.64. The fourth-order valence-electron chi connectivity index (χ4n) is 3.30. The lowest BCUT2D eigenvalue weighted by Gasteiger charge is -2.42. The second-order valence-corrected chi connectivity index (χ2v) is 7.64. The predicted octanol–water partition coefficient (Wildman–Crippen LogP) is 3.08. The maximum Gasteiger partial charge on any atom is 0.270 e. The van der Waals surface area contributed by atoms with Crippen molar-refractivity contribution in [2.45, 2.75) is 31.6 Å². The molecule has 9 heteroatoms. The molecule has 0 saturated heterocycles. The van der Waals surface area contributed by atoms with E-state index in [1.165, 1.54) is 30.5 Å². The summed E-state index contributed by atoms with van der Waals surface area (Å²) < 4.78 is 17.0. The van der Waals surface area contributed by atoms with E-state index in [2.05, 4.69) is 5.32 Å². The average Bonchev–Trinajstić information content (AvgIpc) is 2.77. The summed E-state index contributed by atoms with van der Waals surface area (Å²) in [5, 5.41) is 25.4. The third-order valence-electron chi connectivity index (χ3n) is 4.91. The van der Waals surface area contributed by atoms with Gasteiger partial charge in [-0.25, -0.2) is 4.79 Å². The smallest absolute Gasteiger partial charge is 0.270 e. The second kappa shape index (κ2) is 10.1. The Morgan fingerprint density at radius 2 is 2.06 bits per heavy atom. The summed E-state index contributed by atoms with van der Waals surface area (Å²) in [6.07, 6.45) is 1.54. The van der Waals surface area contributed by atoms with Crippen molar-refractivity contribution in [2.75, 3.05) is 13.2 Å². The molecule has 2 aromatic carbocycles. The van der Waals surface area contributed by atoms with E-state index in [1.807, 2.05) is 18.2 Å². The molecule has 0 unspecified atom stereocenters. The number of aliphatic hydroxyl groups excluding tert-OH is 1. The van der Waals surface area contributed by atoms with Crippen molar-refractivity contribution in [1.82, 2.24) is 5.32 Å². The zero-order chi connectivity index (χ0) is 23.1. The molecule has 2 N–H and O–H groups in total. The van der Waals surface area contributed by atoms with Gasteiger partial charge in [-0.2, -0.15) is 0 Å². The topological polar surface area (TPSA) is 120 Å². The Labute approximate surface area is 185 Å². The molecule has 0 radical (unpaired) electrons. The summed E-state index contributed by atoms with van der Waals surface area (Å²) in [5.41, 5.74) is -0.572. The number of fused-ring (bicyclic) bond motifs is 1. The molecule has 2 atom stereocenters. The van der Waals surface area contributed by atoms with Crippen LogP contribution in [0.4, 0.5) is 5.69 Å². The first-order chi connectivity index (χ1) is 15.3. The Kier molecular flexibility index (Phi) is 7.27. The fraction of sp³-hybridized carbons (Fsp3) is 0.304. The van der Waals surface area contributed by atoms with Crippen LogP contribution in [0, 0.1) is 10.1 Å². The molecule has 0 amide bonds. The summed E-state index contributed by atoms with van der Waals surface area (Å²) in [5.74, 6) is 3.02. The van der Waals surface area contributed by atoms with Crippen LogP contribution in [0.2, 0.25) is 0 Å². The van der Waals surface area contributed by atoms with E-state index in [9.17, 15) is 20.0 Å². The van der Waals surface area contributed by atoms with Crippen LogP contribution in [-0.2, 0) is 9.53 Å². The lowest BCUT2D eigenvalue weighted by Crippen LogP contribution is -2.52. The van der Waals surface area contributed by atoms with Crippen LogP contribution in [0.5, 0.6) is 11.5 Å². The molecule has 0 aromatic heterocycles. The van der Waals surface area contributed by atoms with Gasteiger partial charge in [-0.15, -0.1) is 0 Å². The number of ether oxygens (including phenoxy) is 3. The molecule has 3 rings (SSSR count). The first kappa shape index (κ1) is 23.0. The third-order valence-corrected chi connectivity index (χ3v) is 4.91. The largest absolute Gasteiger partial charge is 0.493 e. The molecule has 1 heterocycles. The molecular weight excluding hydrogens is 416 g/mol. The van der Waals surface area contributed by atoms with Crippen molar-refractivity contribution in [1.29, 1.82) is 0 Å². The fourth-order valence-corrected chi connectivity index (χ4v) is 3.30. The number of rotatable bonds is 9. The molecule has 1 aliphatic rings. The van der Waals surface area contributed by atoms with Gasteiger partial charge in [0.05, 0.1) is 17.5 Å². The van der Waals surface area contributed by atoms with Gasteiger partial charge in [-0.1, -0.05) is 18.2 Å². The van der Waals surface area contributed by atoms with Gasteiger partial charge in [0.15, 0.2) is 5.76 Å². The number of aliphatic hydroxyl groups is 1. The monoisotopic (exact) mass is 440 g/mol. The van der Waals surface area contributed by atoms with E-state index >= 15 is 0 Å². The van der Waals surface area contributed by atoms with Gasteiger partial charge in [0.25, 0.3) is 5.69 Å². The van der Waals surface area contributed by atoms with Gasteiger partial charge in [0, 0.05) is 23.8 Å². The van der Waals surface area contributed by atoms with Gasteiger partial charge < -0.3 is 24.6 Å². The minimum Gasteiger partial charge on any atom is -0.493 e. The van der Waals surface area contributed by atoms with Crippen LogP contribution in [-0.4, -0.2) is 40.8 Å². The maximum absolute atomic E-state index is 11.2. The Bertz CT molecular complexity index is 1030. The Morgan fingerprint density at radius 1 is 1.31 bits per heavy atom. The summed E-state index contributed by atoms with van der Waals surface area (Å²) in [7, 11) is 0. The van der Waals surface area contributed by atoms with Crippen molar-refractivity contribution in [3.63, 3.8) is 0 Å². The van der Waals surface area contributed by atoms with E-state index in [0.717, 1.165) is 0 Å². The molecule has 9 nitrogen and oxygen atoms in total. The van der Waals surface area contributed by atoms with Crippen molar-refractivity contribution in [2.24, 2.45) is 0 Å². The summed E-state index contributed by atoms with van der Waals surface area (Å²) in [6.45, 7) is 3.62. The van der Waals surface area contributed by atoms with Crippen LogP contribution in [0.25, 0.3) is 0 Å². The average molecular weight is 440 g/mol. The molecule has 0 aliphatic carbocycles. The third kappa shape index (κ3) is 5.53. The molecule has 2 aromatic rings. The summed E-state index contributed by atoms with van der Waals surface area (Å²) in [6, 6.07) is 12.6. The molecule has 0 saturated carbocycles. The predicted molar refractivity (Wildman–Crippen MR) is 116 cm³/mol. The van der Waals surface area contributed by atoms with Gasteiger partial charge >= 0.3 is 0 Å². The minimum atomic E-state index is -1.01. The number of para-hydroxylation sites is 1. The number of non-ortho nitro benzene ring substituents is 1. The van der Waals surface area contributed by atoms with Crippen molar-refractivity contribution < 1.29 is 29.0 Å². The first-order valence-corrected chi connectivity index (χ1v) is 9.93. The summed E-state index contributed by atoms with van der Waals surface area (Å²) >= 11 is 0. The van der Waals surface area contributed by atoms with Crippen molar-refractivity contribution >= 4 is 11.6 Å². The first-order valence-electron chi connectivity index (χ1n) is 9.93. The van der Waals surface area contributed by atoms with Crippen molar-refractivity contribution in [3.8, 4) is 11.5 Å². The molecule has 0 spiro atoms. The standard InChI is InChI=1S/C23H24N2O7/c1-23(2)22(27)21(19-13-16(25(28)29)9-10-20(19)32-23)24-14-18(15-30-12-6-11-26)31-17-7-4-3-5-8-17/h3-10,13,15,21-22,24,27H,12,14H2,1-2H3/t21-,22+/m0/s1. The highest BCUT2D eigenvalue weighted by Crippen LogP contribution is 2.41. The highest BCUT2D eigenvalue weighted by Gasteiger charge is 2.43. The number of carbonyl (C=O) groups excluding carboxylic acids is 1. The molecule has 0 bridgehead atoms. The van der Waals surface area contributed by atoms with Crippen LogP contribution < -0.4 is 14.8 Å². The number of nitrogens with one attached hydrogen (secondary N) is 1. The zero-order valence-corrected chi connectivity index (χ0v) is 17.7.